The van der Waals surface area contributed by atoms with Gasteiger partial charge in [0.15, 0.2) is 5.78 Å². The maximum Gasteiger partial charge on any atom is 0.416 e. The minimum Gasteiger partial charge on any atom is -0.295 e. The summed E-state index contributed by atoms with van der Waals surface area (Å²) in [6.45, 7) is 1.18. The second kappa shape index (κ2) is 4.92. The van der Waals surface area contributed by atoms with Crippen molar-refractivity contribution >= 4 is 5.78 Å². The predicted octanol–water partition coefficient (Wildman–Crippen LogP) is 2.66. The number of alkyl halides is 3. The Bertz CT molecular complexity index is 700. The van der Waals surface area contributed by atoms with Crippen molar-refractivity contribution in [1.29, 1.82) is 0 Å². The summed E-state index contributed by atoms with van der Waals surface area (Å²) in [5.74, 6) is -0.484. The maximum atomic E-state index is 12.8. The zero-order chi connectivity index (χ0) is 14.9. The quantitative estimate of drug-likeness (QED) is 0.861. The van der Waals surface area contributed by atoms with Crippen molar-refractivity contribution in [1.82, 2.24) is 10.2 Å². The highest BCUT2D eigenvalue weighted by Crippen LogP contribution is 2.32. The number of hydrogen-bond donors (Lipinski definition) is 1. The Hall–Kier alpha value is -2.44. The molecule has 0 aliphatic carbocycles. The molecule has 0 radical (unpaired) electrons. The normalized spacial score (nSPS) is 11.4. The van der Waals surface area contributed by atoms with Crippen LogP contribution in [0.1, 0.15) is 22.8 Å². The lowest BCUT2D eigenvalue weighted by atomic mass is 10.0. The van der Waals surface area contributed by atoms with E-state index in [1.807, 2.05) is 0 Å². The Morgan fingerprint density at radius 2 is 1.90 bits per heavy atom. The lowest BCUT2D eigenvalue weighted by Crippen LogP contribution is -2.09. The monoisotopic (exact) mass is 282 g/mol. The summed E-state index contributed by atoms with van der Waals surface area (Å²) in [4.78, 5) is 22.2. The molecule has 1 N–H and O–H groups in total. The van der Waals surface area contributed by atoms with Crippen molar-refractivity contribution in [3.8, 4) is 11.3 Å². The van der Waals surface area contributed by atoms with Crippen molar-refractivity contribution in [3.63, 3.8) is 0 Å². The van der Waals surface area contributed by atoms with E-state index in [0.717, 1.165) is 18.2 Å². The number of carbonyl (C=O) groups is 1. The average molecular weight is 282 g/mol. The number of H-pyrrole nitrogens is 1. The van der Waals surface area contributed by atoms with Crippen molar-refractivity contribution < 1.29 is 18.0 Å². The molecule has 20 heavy (non-hydrogen) atoms. The lowest BCUT2D eigenvalue weighted by molar-refractivity contribution is -0.137. The van der Waals surface area contributed by atoms with Gasteiger partial charge in [0.05, 0.1) is 11.3 Å². The van der Waals surface area contributed by atoms with Crippen LogP contribution < -0.4 is 5.56 Å². The van der Waals surface area contributed by atoms with Gasteiger partial charge in [-0.2, -0.15) is 18.3 Å². The van der Waals surface area contributed by atoms with Crippen LogP contribution in [0.25, 0.3) is 11.3 Å². The Kier molecular flexibility index (Phi) is 3.44. The van der Waals surface area contributed by atoms with Crippen molar-refractivity contribution in [2.45, 2.75) is 13.1 Å². The van der Waals surface area contributed by atoms with Crippen LogP contribution in [0, 0.1) is 0 Å². The first-order valence-corrected chi connectivity index (χ1v) is 5.57. The molecule has 1 aromatic carbocycles. The highest BCUT2D eigenvalue weighted by atomic mass is 19.4. The van der Waals surface area contributed by atoms with Crippen LogP contribution in [-0.2, 0) is 6.18 Å². The molecule has 0 unspecified atom stereocenters. The van der Waals surface area contributed by atoms with Gasteiger partial charge in [-0.1, -0.05) is 0 Å². The van der Waals surface area contributed by atoms with Crippen molar-refractivity contribution in [2.75, 3.05) is 0 Å². The number of hydrogen-bond acceptors (Lipinski definition) is 3. The SMILES string of the molecule is CC(=O)c1cc(-c2ccc(=O)[nH]n2)cc(C(F)(F)F)c1. The van der Waals surface area contributed by atoms with Gasteiger partial charge in [-0.25, -0.2) is 5.10 Å². The molecule has 0 aliphatic rings. The highest BCUT2D eigenvalue weighted by Gasteiger charge is 2.31. The second-order valence-electron chi connectivity index (χ2n) is 4.16. The van der Waals surface area contributed by atoms with E-state index in [2.05, 4.69) is 10.2 Å². The summed E-state index contributed by atoms with van der Waals surface area (Å²) in [5, 5.41) is 5.79. The zero-order valence-electron chi connectivity index (χ0n) is 10.3. The molecule has 0 spiro atoms. The van der Waals surface area contributed by atoms with Crippen LogP contribution in [0.5, 0.6) is 0 Å². The topological polar surface area (TPSA) is 62.8 Å². The number of carbonyl (C=O) groups excluding carboxylic acids is 1. The minimum atomic E-state index is -4.57. The van der Waals surface area contributed by atoms with Crippen LogP contribution >= 0.6 is 0 Å². The molecule has 2 rings (SSSR count). The summed E-state index contributed by atoms with van der Waals surface area (Å²) in [7, 11) is 0. The molecule has 7 heteroatoms. The van der Waals surface area contributed by atoms with Crippen molar-refractivity contribution in [3.05, 3.63) is 51.8 Å². The number of benzene rings is 1. The van der Waals surface area contributed by atoms with E-state index >= 15 is 0 Å². The maximum absolute atomic E-state index is 12.8. The van der Waals surface area contributed by atoms with Crippen LogP contribution in [0.2, 0.25) is 0 Å². The summed E-state index contributed by atoms with van der Waals surface area (Å²) < 4.78 is 38.4. The van der Waals surface area contributed by atoms with Crippen LogP contribution in [0.4, 0.5) is 13.2 Å². The summed E-state index contributed by atoms with van der Waals surface area (Å²) in [5.41, 5.74) is -1.21. The standard InChI is InChI=1S/C13H9F3N2O2/c1-7(19)8-4-9(6-10(5-8)13(14,15)16)11-2-3-12(20)18-17-11/h2-6H,1H3,(H,18,20). The van der Waals surface area contributed by atoms with Gasteiger partial charge in [0.1, 0.15) is 0 Å². The highest BCUT2D eigenvalue weighted by molar-refractivity contribution is 5.95. The average Bonchev–Trinajstić information content (AvgIpc) is 2.38. The number of nitrogens with one attached hydrogen (secondary N) is 1. The molecule has 0 saturated heterocycles. The molecular formula is C13H9F3N2O2. The first-order chi connectivity index (χ1) is 9.27. The van der Waals surface area contributed by atoms with E-state index in [-0.39, 0.29) is 16.8 Å². The molecule has 2 aromatic rings. The number of ketones is 1. The molecule has 4 nitrogen and oxygen atoms in total. The molecule has 0 amide bonds. The van der Waals surface area contributed by atoms with Gasteiger partial charge in [0.2, 0.25) is 0 Å². The van der Waals surface area contributed by atoms with E-state index in [0.29, 0.717) is 0 Å². The van der Waals surface area contributed by atoms with Gasteiger partial charge in [0.25, 0.3) is 5.56 Å². The van der Waals surface area contributed by atoms with E-state index in [1.165, 1.54) is 19.1 Å². The number of nitrogens with zero attached hydrogens (tertiary/aromatic N) is 1. The minimum absolute atomic E-state index is 0.0668. The summed E-state index contributed by atoms with van der Waals surface area (Å²) >= 11 is 0. The first kappa shape index (κ1) is 14.0. The van der Waals surface area contributed by atoms with Gasteiger partial charge in [-0.15, -0.1) is 0 Å². The van der Waals surface area contributed by atoms with Gasteiger partial charge >= 0.3 is 6.18 Å². The number of Topliss-reactive ketones (excluding diaryl/α,β-unsaturated/α-hetero) is 1. The molecule has 0 saturated carbocycles. The fourth-order valence-corrected chi connectivity index (χ4v) is 1.65. The third kappa shape index (κ3) is 2.93. The molecule has 0 atom stereocenters. The number of aromatic nitrogens is 2. The van der Waals surface area contributed by atoms with Gasteiger partial charge < -0.3 is 0 Å². The van der Waals surface area contributed by atoms with Gasteiger partial charge in [-0.3, -0.25) is 9.59 Å². The molecular weight excluding hydrogens is 273 g/mol. The molecule has 0 bridgehead atoms. The third-order valence-electron chi connectivity index (χ3n) is 2.64. The van der Waals surface area contributed by atoms with Crippen LogP contribution in [0.3, 0.4) is 0 Å². The molecule has 1 aromatic heterocycles. The fraction of sp³-hybridized carbons (Fsp3) is 0.154. The van der Waals surface area contributed by atoms with Gasteiger partial charge in [-0.05, 0) is 31.2 Å². The molecule has 104 valence electrons. The van der Waals surface area contributed by atoms with Crippen LogP contribution in [-0.4, -0.2) is 16.0 Å². The second-order valence-corrected chi connectivity index (χ2v) is 4.16. The Balaban J connectivity index is 2.63. The van der Waals surface area contributed by atoms with E-state index in [1.54, 1.807) is 0 Å². The smallest absolute Gasteiger partial charge is 0.295 e. The van der Waals surface area contributed by atoms with Gasteiger partial charge in [0, 0.05) is 17.2 Å². The predicted molar refractivity (Wildman–Crippen MR) is 65.3 cm³/mol. The van der Waals surface area contributed by atoms with E-state index in [4.69, 9.17) is 0 Å². The van der Waals surface area contributed by atoms with Crippen LogP contribution in [0.15, 0.2) is 35.1 Å². The van der Waals surface area contributed by atoms with Crippen molar-refractivity contribution in [2.24, 2.45) is 0 Å². The Labute approximate surface area is 111 Å². The Morgan fingerprint density at radius 1 is 1.20 bits per heavy atom. The summed E-state index contributed by atoms with van der Waals surface area (Å²) in [6, 6.07) is 5.41. The number of halogens is 3. The Morgan fingerprint density at radius 3 is 2.40 bits per heavy atom. The molecule has 1 heterocycles. The molecule has 0 aliphatic heterocycles. The third-order valence-corrected chi connectivity index (χ3v) is 2.64. The lowest BCUT2D eigenvalue weighted by Gasteiger charge is -2.10. The zero-order valence-corrected chi connectivity index (χ0v) is 10.3. The summed E-state index contributed by atoms with van der Waals surface area (Å²) in [6.07, 6.45) is -4.57. The largest absolute Gasteiger partial charge is 0.416 e. The fourth-order valence-electron chi connectivity index (χ4n) is 1.65. The first-order valence-electron chi connectivity index (χ1n) is 5.57. The molecule has 0 fully saturated rings. The van der Waals surface area contributed by atoms with E-state index < -0.39 is 23.1 Å². The number of aromatic amines is 1. The number of rotatable bonds is 2. The van der Waals surface area contributed by atoms with E-state index in [9.17, 15) is 22.8 Å².